The Balaban J connectivity index is 1.29. The van der Waals surface area contributed by atoms with E-state index in [-0.39, 0.29) is 5.91 Å². The zero-order valence-electron chi connectivity index (χ0n) is 18.2. The highest BCUT2D eigenvalue weighted by Gasteiger charge is 2.25. The average Bonchev–Trinajstić information content (AvgIpc) is 2.76. The number of rotatable bonds is 5. The molecule has 6 heteroatoms. The van der Waals surface area contributed by atoms with Crippen molar-refractivity contribution in [3.63, 3.8) is 0 Å². The minimum Gasteiger partial charge on any atom is -0.486 e. The molecule has 1 N–H and O–H groups in total. The number of aryl methyl sites for hydroxylation is 1. The molecule has 2 aliphatic heterocycles. The van der Waals surface area contributed by atoms with Crippen molar-refractivity contribution in [2.75, 3.05) is 57.9 Å². The number of ether oxygens (including phenoxy) is 2. The summed E-state index contributed by atoms with van der Waals surface area (Å²) in [5, 5.41) is 0. The Labute approximate surface area is 179 Å². The molecule has 2 aliphatic rings. The molecule has 0 radical (unpaired) electrons. The van der Waals surface area contributed by atoms with E-state index in [2.05, 4.69) is 36.9 Å². The lowest BCUT2D eigenvalue weighted by molar-refractivity contribution is -0.892. The first-order valence-corrected chi connectivity index (χ1v) is 10.8. The summed E-state index contributed by atoms with van der Waals surface area (Å²) in [4.78, 5) is 18.4. The molecule has 4 rings (SSSR count). The largest absolute Gasteiger partial charge is 0.486 e. The van der Waals surface area contributed by atoms with Crippen molar-refractivity contribution in [3.05, 3.63) is 53.1 Å². The number of quaternary nitrogens is 1. The van der Waals surface area contributed by atoms with Gasteiger partial charge in [0.1, 0.15) is 13.2 Å². The standard InChI is InChI=1S/C24H31N3O3/c1-18-5-4-6-21(19(18)2)27-11-9-26(10-12-27)17-24(28)25(3)16-20-7-8-22-23(15-20)30-14-13-29-22/h4-8,15H,9-14,16-17H2,1-3H3/p+1. The molecule has 0 aliphatic carbocycles. The highest BCUT2D eigenvalue weighted by molar-refractivity contribution is 5.76. The normalized spacial score (nSPS) is 16.4. The maximum Gasteiger partial charge on any atom is 0.277 e. The molecule has 1 amide bonds. The summed E-state index contributed by atoms with van der Waals surface area (Å²) in [5.41, 5.74) is 5.08. The summed E-state index contributed by atoms with van der Waals surface area (Å²) < 4.78 is 11.2. The fourth-order valence-electron chi connectivity index (χ4n) is 4.22. The van der Waals surface area contributed by atoms with E-state index in [9.17, 15) is 4.79 Å². The zero-order valence-corrected chi connectivity index (χ0v) is 18.2. The van der Waals surface area contributed by atoms with E-state index in [0.29, 0.717) is 26.3 Å². The lowest BCUT2D eigenvalue weighted by atomic mass is 10.1. The van der Waals surface area contributed by atoms with E-state index in [4.69, 9.17) is 9.47 Å². The Kier molecular flexibility index (Phi) is 6.13. The van der Waals surface area contributed by atoms with Gasteiger partial charge in [-0.25, -0.2) is 0 Å². The van der Waals surface area contributed by atoms with Crippen LogP contribution in [0.2, 0.25) is 0 Å². The molecule has 0 spiro atoms. The third kappa shape index (κ3) is 4.54. The molecule has 0 saturated carbocycles. The van der Waals surface area contributed by atoms with Gasteiger partial charge >= 0.3 is 0 Å². The fourth-order valence-corrected chi connectivity index (χ4v) is 4.22. The number of carbonyl (C=O) groups is 1. The van der Waals surface area contributed by atoms with Gasteiger partial charge in [-0.1, -0.05) is 18.2 Å². The van der Waals surface area contributed by atoms with Gasteiger partial charge in [-0.05, 0) is 48.7 Å². The number of fused-ring (bicyclic) bond motifs is 1. The van der Waals surface area contributed by atoms with Crippen molar-refractivity contribution in [1.29, 1.82) is 0 Å². The lowest BCUT2D eigenvalue weighted by Gasteiger charge is -2.35. The molecular formula is C24H32N3O3+. The second-order valence-corrected chi connectivity index (χ2v) is 8.36. The van der Waals surface area contributed by atoms with Gasteiger partial charge in [-0.3, -0.25) is 4.79 Å². The SMILES string of the molecule is Cc1cccc(N2CC[NH+](CC(=O)N(C)Cc3ccc4c(c3)OCCO4)CC2)c1C. The molecule has 2 heterocycles. The van der Waals surface area contributed by atoms with Gasteiger partial charge in [0.2, 0.25) is 0 Å². The molecule has 0 bridgehead atoms. The Hall–Kier alpha value is -2.73. The third-order valence-corrected chi connectivity index (χ3v) is 6.24. The molecular weight excluding hydrogens is 378 g/mol. The van der Waals surface area contributed by atoms with Crippen molar-refractivity contribution >= 4 is 11.6 Å². The van der Waals surface area contributed by atoms with Crippen LogP contribution in [-0.2, 0) is 11.3 Å². The number of nitrogens with zero attached hydrogens (tertiary/aromatic N) is 2. The number of nitrogens with one attached hydrogen (secondary N) is 1. The fraction of sp³-hybridized carbons (Fsp3) is 0.458. The van der Waals surface area contributed by atoms with Crippen molar-refractivity contribution in [3.8, 4) is 11.5 Å². The molecule has 1 saturated heterocycles. The monoisotopic (exact) mass is 410 g/mol. The van der Waals surface area contributed by atoms with E-state index >= 15 is 0 Å². The minimum atomic E-state index is 0.181. The van der Waals surface area contributed by atoms with Gasteiger partial charge in [-0.2, -0.15) is 0 Å². The van der Waals surface area contributed by atoms with Crippen LogP contribution < -0.4 is 19.3 Å². The first kappa shape index (κ1) is 20.5. The number of hydrogen-bond donors (Lipinski definition) is 1. The van der Waals surface area contributed by atoms with Crippen LogP contribution in [-0.4, -0.2) is 63.8 Å². The zero-order chi connectivity index (χ0) is 21.1. The van der Waals surface area contributed by atoms with Crippen LogP contribution in [0.1, 0.15) is 16.7 Å². The molecule has 1 fully saturated rings. The highest BCUT2D eigenvalue weighted by Crippen LogP contribution is 2.31. The third-order valence-electron chi connectivity index (χ3n) is 6.24. The first-order chi connectivity index (χ1) is 14.5. The lowest BCUT2D eigenvalue weighted by Crippen LogP contribution is -3.15. The van der Waals surface area contributed by atoms with Crippen LogP contribution in [0.15, 0.2) is 36.4 Å². The van der Waals surface area contributed by atoms with E-state index in [1.165, 1.54) is 21.7 Å². The number of benzene rings is 2. The Bertz CT molecular complexity index is 907. The molecule has 0 atom stereocenters. The smallest absolute Gasteiger partial charge is 0.277 e. The molecule has 30 heavy (non-hydrogen) atoms. The summed E-state index contributed by atoms with van der Waals surface area (Å²) in [7, 11) is 1.88. The maximum atomic E-state index is 12.8. The van der Waals surface area contributed by atoms with Crippen LogP contribution >= 0.6 is 0 Å². The molecule has 2 aromatic carbocycles. The van der Waals surface area contributed by atoms with E-state index < -0.39 is 0 Å². The van der Waals surface area contributed by atoms with Gasteiger partial charge in [0.15, 0.2) is 18.0 Å². The number of amides is 1. The van der Waals surface area contributed by atoms with Crippen LogP contribution in [0, 0.1) is 13.8 Å². The van der Waals surface area contributed by atoms with Crippen LogP contribution in [0.4, 0.5) is 5.69 Å². The molecule has 160 valence electrons. The van der Waals surface area contributed by atoms with Gasteiger partial charge < -0.3 is 24.2 Å². The van der Waals surface area contributed by atoms with Gasteiger partial charge in [0.25, 0.3) is 5.91 Å². The first-order valence-electron chi connectivity index (χ1n) is 10.8. The van der Waals surface area contributed by atoms with Gasteiger partial charge in [-0.15, -0.1) is 0 Å². The van der Waals surface area contributed by atoms with Crippen LogP contribution in [0.5, 0.6) is 11.5 Å². The van der Waals surface area contributed by atoms with E-state index in [0.717, 1.165) is 43.2 Å². The Morgan fingerprint density at radius 3 is 2.57 bits per heavy atom. The van der Waals surface area contributed by atoms with E-state index in [1.807, 2.05) is 30.1 Å². The summed E-state index contributed by atoms with van der Waals surface area (Å²) >= 11 is 0. The molecule has 0 unspecified atom stereocenters. The second-order valence-electron chi connectivity index (χ2n) is 8.36. The van der Waals surface area contributed by atoms with E-state index in [1.54, 1.807) is 0 Å². The van der Waals surface area contributed by atoms with Gasteiger partial charge in [0, 0.05) is 19.3 Å². The van der Waals surface area contributed by atoms with Crippen LogP contribution in [0.3, 0.4) is 0 Å². The second kappa shape index (κ2) is 8.96. The number of likely N-dealkylation sites (N-methyl/N-ethyl adjacent to an activating group) is 1. The molecule has 0 aromatic heterocycles. The van der Waals surface area contributed by atoms with Crippen molar-refractivity contribution < 1.29 is 19.2 Å². The predicted molar refractivity (Wildman–Crippen MR) is 118 cm³/mol. The number of anilines is 1. The van der Waals surface area contributed by atoms with Crippen molar-refractivity contribution in [2.24, 2.45) is 0 Å². The van der Waals surface area contributed by atoms with Crippen molar-refractivity contribution in [1.82, 2.24) is 4.90 Å². The van der Waals surface area contributed by atoms with Gasteiger partial charge in [0.05, 0.1) is 26.2 Å². The average molecular weight is 411 g/mol. The molecule has 6 nitrogen and oxygen atoms in total. The van der Waals surface area contributed by atoms with Crippen LogP contribution in [0.25, 0.3) is 0 Å². The highest BCUT2D eigenvalue weighted by atomic mass is 16.6. The Morgan fingerprint density at radius 1 is 1.07 bits per heavy atom. The molecule has 2 aromatic rings. The summed E-state index contributed by atoms with van der Waals surface area (Å²) in [5.74, 6) is 1.73. The minimum absolute atomic E-state index is 0.181. The maximum absolute atomic E-state index is 12.8. The summed E-state index contributed by atoms with van der Waals surface area (Å²) in [6.45, 7) is 10.6. The summed E-state index contributed by atoms with van der Waals surface area (Å²) in [6, 6.07) is 12.4. The number of carbonyl (C=O) groups excluding carboxylic acids is 1. The Morgan fingerprint density at radius 2 is 1.80 bits per heavy atom. The quantitative estimate of drug-likeness (QED) is 0.810. The summed E-state index contributed by atoms with van der Waals surface area (Å²) in [6.07, 6.45) is 0. The number of piperazine rings is 1. The van der Waals surface area contributed by atoms with Crippen molar-refractivity contribution in [2.45, 2.75) is 20.4 Å². The topological polar surface area (TPSA) is 46.5 Å². The predicted octanol–water partition coefficient (Wildman–Crippen LogP) is 1.44. The number of hydrogen-bond acceptors (Lipinski definition) is 4.